The zero-order valence-electron chi connectivity index (χ0n) is 12.6. The van der Waals surface area contributed by atoms with Gasteiger partial charge in [-0.3, -0.25) is 4.79 Å². The lowest BCUT2D eigenvalue weighted by Gasteiger charge is -2.30. The molecular weight excluding hydrogens is 244 g/mol. The zero-order chi connectivity index (χ0) is 14.3. The predicted molar refractivity (Wildman–Crippen MR) is 75.1 cm³/mol. The number of ether oxygens (including phenoxy) is 2. The fraction of sp³-hybridized carbons (Fsp3) is 0.929. The Bertz CT molecular complexity index is 271. The average molecular weight is 272 g/mol. The number of nitrogens with one attached hydrogen (secondary N) is 1. The Balaban J connectivity index is 2.61. The first-order valence-electron chi connectivity index (χ1n) is 7.22. The molecule has 2 atom stereocenters. The molecule has 0 spiro atoms. The maximum absolute atomic E-state index is 12.6. The van der Waals surface area contributed by atoms with Gasteiger partial charge in [0.15, 0.2) is 0 Å². The zero-order valence-corrected chi connectivity index (χ0v) is 12.6. The Hall–Kier alpha value is -0.650. The molecule has 1 amide bonds. The van der Waals surface area contributed by atoms with Crippen LogP contribution in [0.1, 0.15) is 27.2 Å². The van der Waals surface area contributed by atoms with E-state index < -0.39 is 0 Å². The largest absolute Gasteiger partial charge is 0.383 e. The van der Waals surface area contributed by atoms with Gasteiger partial charge in [0, 0.05) is 25.7 Å². The van der Waals surface area contributed by atoms with Crippen molar-refractivity contribution >= 4 is 5.91 Å². The topological polar surface area (TPSA) is 50.8 Å². The molecule has 112 valence electrons. The van der Waals surface area contributed by atoms with Gasteiger partial charge in [-0.25, -0.2) is 0 Å². The standard InChI is InChI=1S/C14H28N2O3/c1-5-6-15-13-10-19-9-12(13)14(17)16(11(2)3)7-8-18-4/h11-13,15H,5-10H2,1-4H3. The van der Waals surface area contributed by atoms with E-state index in [0.29, 0.717) is 26.4 Å². The first-order valence-corrected chi connectivity index (χ1v) is 7.22. The van der Waals surface area contributed by atoms with Gasteiger partial charge in [-0.2, -0.15) is 0 Å². The molecule has 1 saturated heterocycles. The maximum atomic E-state index is 12.6. The smallest absolute Gasteiger partial charge is 0.229 e. The summed E-state index contributed by atoms with van der Waals surface area (Å²) in [4.78, 5) is 14.5. The molecule has 1 fully saturated rings. The van der Waals surface area contributed by atoms with Crippen LogP contribution in [0.15, 0.2) is 0 Å². The summed E-state index contributed by atoms with van der Waals surface area (Å²) in [6, 6.07) is 0.339. The van der Waals surface area contributed by atoms with Crippen molar-refractivity contribution in [1.82, 2.24) is 10.2 Å². The molecule has 2 unspecified atom stereocenters. The van der Waals surface area contributed by atoms with Gasteiger partial charge in [-0.05, 0) is 26.8 Å². The number of methoxy groups -OCH3 is 1. The summed E-state index contributed by atoms with van der Waals surface area (Å²) in [6.07, 6.45) is 1.06. The maximum Gasteiger partial charge on any atom is 0.229 e. The molecule has 0 bridgehead atoms. The molecule has 0 aromatic heterocycles. The van der Waals surface area contributed by atoms with Crippen LogP contribution in [0, 0.1) is 5.92 Å². The fourth-order valence-corrected chi connectivity index (χ4v) is 2.35. The molecule has 5 nitrogen and oxygen atoms in total. The minimum atomic E-state index is -0.0641. The van der Waals surface area contributed by atoms with Gasteiger partial charge < -0.3 is 19.7 Å². The molecule has 1 rings (SSSR count). The number of hydrogen-bond donors (Lipinski definition) is 1. The highest BCUT2D eigenvalue weighted by atomic mass is 16.5. The van der Waals surface area contributed by atoms with Gasteiger partial charge in [-0.15, -0.1) is 0 Å². The highest BCUT2D eigenvalue weighted by Gasteiger charge is 2.36. The van der Waals surface area contributed by atoms with Crippen LogP contribution in [0.2, 0.25) is 0 Å². The van der Waals surface area contributed by atoms with Crippen LogP contribution >= 0.6 is 0 Å². The Morgan fingerprint density at radius 3 is 2.79 bits per heavy atom. The molecule has 0 radical (unpaired) electrons. The van der Waals surface area contributed by atoms with Gasteiger partial charge in [0.1, 0.15) is 0 Å². The Morgan fingerprint density at radius 1 is 1.47 bits per heavy atom. The minimum Gasteiger partial charge on any atom is -0.383 e. The molecule has 1 aliphatic heterocycles. The molecular formula is C14H28N2O3. The molecule has 19 heavy (non-hydrogen) atoms. The lowest BCUT2D eigenvalue weighted by molar-refractivity contribution is -0.138. The number of amides is 1. The van der Waals surface area contributed by atoms with E-state index in [0.717, 1.165) is 13.0 Å². The molecule has 1 N–H and O–H groups in total. The van der Waals surface area contributed by atoms with E-state index in [9.17, 15) is 4.79 Å². The van der Waals surface area contributed by atoms with E-state index in [2.05, 4.69) is 12.2 Å². The highest BCUT2D eigenvalue weighted by molar-refractivity contribution is 5.80. The molecule has 1 aliphatic rings. The van der Waals surface area contributed by atoms with Crippen LogP contribution in [0.5, 0.6) is 0 Å². The van der Waals surface area contributed by atoms with E-state index in [1.54, 1.807) is 7.11 Å². The number of nitrogens with zero attached hydrogens (tertiary/aromatic N) is 1. The molecule has 0 aromatic carbocycles. The van der Waals surface area contributed by atoms with Gasteiger partial charge in [-0.1, -0.05) is 6.92 Å². The Morgan fingerprint density at radius 2 is 2.21 bits per heavy atom. The van der Waals surface area contributed by atoms with Gasteiger partial charge in [0.25, 0.3) is 0 Å². The first-order chi connectivity index (χ1) is 9.11. The summed E-state index contributed by atoms with van der Waals surface area (Å²) < 4.78 is 10.6. The second-order valence-electron chi connectivity index (χ2n) is 5.32. The second-order valence-corrected chi connectivity index (χ2v) is 5.32. The van der Waals surface area contributed by atoms with Gasteiger partial charge in [0.2, 0.25) is 5.91 Å². The highest BCUT2D eigenvalue weighted by Crippen LogP contribution is 2.18. The van der Waals surface area contributed by atoms with Crippen molar-refractivity contribution in [3.05, 3.63) is 0 Å². The number of carbonyl (C=O) groups is 1. The van der Waals surface area contributed by atoms with Crippen LogP contribution in [-0.4, -0.2) is 62.9 Å². The third-order valence-corrected chi connectivity index (χ3v) is 3.50. The average Bonchev–Trinajstić information content (AvgIpc) is 2.84. The SMILES string of the molecule is CCCNC1COCC1C(=O)N(CCOC)C(C)C. The monoisotopic (exact) mass is 272 g/mol. The lowest BCUT2D eigenvalue weighted by atomic mass is 10.0. The van der Waals surface area contributed by atoms with E-state index in [-0.39, 0.29) is 23.9 Å². The van der Waals surface area contributed by atoms with Crippen molar-refractivity contribution in [2.45, 2.75) is 39.3 Å². The van der Waals surface area contributed by atoms with Crippen LogP contribution in [0.3, 0.4) is 0 Å². The van der Waals surface area contributed by atoms with Crippen LogP contribution in [0.4, 0.5) is 0 Å². The van der Waals surface area contributed by atoms with Crippen molar-refractivity contribution < 1.29 is 14.3 Å². The number of carbonyl (C=O) groups excluding carboxylic acids is 1. The molecule has 1 heterocycles. The Labute approximate surface area is 116 Å². The van der Waals surface area contributed by atoms with E-state index in [1.807, 2.05) is 18.7 Å². The quantitative estimate of drug-likeness (QED) is 0.713. The number of rotatable bonds is 8. The van der Waals surface area contributed by atoms with E-state index in [4.69, 9.17) is 9.47 Å². The third-order valence-electron chi connectivity index (χ3n) is 3.50. The van der Waals surface area contributed by atoms with Gasteiger partial charge in [0.05, 0.1) is 25.7 Å². The minimum absolute atomic E-state index is 0.0641. The molecule has 5 heteroatoms. The van der Waals surface area contributed by atoms with Crippen molar-refractivity contribution in [2.75, 3.05) is 40.0 Å². The third kappa shape index (κ3) is 4.75. The van der Waals surface area contributed by atoms with Crippen molar-refractivity contribution in [2.24, 2.45) is 5.92 Å². The first kappa shape index (κ1) is 16.4. The lowest BCUT2D eigenvalue weighted by Crippen LogP contribution is -2.49. The normalized spacial score (nSPS) is 23.0. The summed E-state index contributed by atoms with van der Waals surface area (Å²) in [5.41, 5.74) is 0. The number of hydrogen-bond acceptors (Lipinski definition) is 4. The molecule has 0 aliphatic carbocycles. The van der Waals surface area contributed by atoms with Crippen molar-refractivity contribution in [3.8, 4) is 0 Å². The summed E-state index contributed by atoms with van der Waals surface area (Å²) in [7, 11) is 1.66. The summed E-state index contributed by atoms with van der Waals surface area (Å²) in [6.45, 7) is 9.50. The van der Waals surface area contributed by atoms with E-state index in [1.165, 1.54) is 0 Å². The van der Waals surface area contributed by atoms with Crippen LogP contribution < -0.4 is 5.32 Å². The predicted octanol–water partition coefficient (Wildman–Crippen LogP) is 0.884. The summed E-state index contributed by atoms with van der Waals surface area (Å²) >= 11 is 0. The second kappa shape index (κ2) is 8.51. The van der Waals surface area contributed by atoms with Crippen LogP contribution in [0.25, 0.3) is 0 Å². The van der Waals surface area contributed by atoms with Crippen molar-refractivity contribution in [3.63, 3.8) is 0 Å². The van der Waals surface area contributed by atoms with E-state index >= 15 is 0 Å². The molecule has 0 saturated carbocycles. The van der Waals surface area contributed by atoms with Crippen LogP contribution in [-0.2, 0) is 14.3 Å². The molecule has 0 aromatic rings. The van der Waals surface area contributed by atoms with Crippen molar-refractivity contribution in [1.29, 1.82) is 0 Å². The fourth-order valence-electron chi connectivity index (χ4n) is 2.35. The summed E-state index contributed by atoms with van der Waals surface area (Å²) in [5, 5.41) is 3.41. The van der Waals surface area contributed by atoms with Gasteiger partial charge >= 0.3 is 0 Å². The summed E-state index contributed by atoms with van der Waals surface area (Å²) in [5.74, 6) is 0.115. The Kier molecular flexibility index (Phi) is 7.34.